The summed E-state index contributed by atoms with van der Waals surface area (Å²) in [6.45, 7) is 1.73. The molecule has 5 nitrogen and oxygen atoms in total. The number of sulfone groups is 1. The van der Waals surface area contributed by atoms with Crippen LogP contribution in [0, 0.1) is 5.82 Å². The smallest absolute Gasteiger partial charge is 0.242 e. The molecule has 2 aromatic rings. The highest BCUT2D eigenvalue weighted by molar-refractivity contribution is 7.92. The third-order valence-corrected chi connectivity index (χ3v) is 6.89. The number of rotatable bonds is 2. The number of halogens is 1. The van der Waals surface area contributed by atoms with E-state index in [4.69, 9.17) is 4.74 Å². The molecule has 25 heavy (non-hydrogen) atoms. The standard InChI is InChI=1S/C18H16FNO4S/c1-18-10-14(13-4-2-3-5-15(13)24-18)16(17(21)20-18)25(22,23)12-8-6-11(19)7-9-12/h2-9,14,16H,10H2,1H3,(H,20,21)/t14-,16+,18-/m1/s1. The van der Waals surface area contributed by atoms with Crippen molar-refractivity contribution in [2.75, 3.05) is 0 Å². The Morgan fingerprint density at radius 1 is 1.16 bits per heavy atom. The molecule has 3 atom stereocenters. The topological polar surface area (TPSA) is 72.5 Å². The molecule has 0 unspecified atom stereocenters. The number of para-hydroxylation sites is 1. The first kappa shape index (κ1) is 16.1. The largest absolute Gasteiger partial charge is 0.468 e. The first-order chi connectivity index (χ1) is 11.8. The van der Waals surface area contributed by atoms with Crippen LogP contribution in [0.3, 0.4) is 0 Å². The molecule has 4 rings (SSSR count). The van der Waals surface area contributed by atoms with E-state index in [1.165, 1.54) is 12.1 Å². The van der Waals surface area contributed by atoms with Crippen molar-refractivity contribution in [3.8, 4) is 5.75 Å². The zero-order chi connectivity index (χ0) is 17.8. The van der Waals surface area contributed by atoms with E-state index in [1.807, 2.05) is 0 Å². The quantitative estimate of drug-likeness (QED) is 0.834. The zero-order valence-corrected chi connectivity index (χ0v) is 14.2. The SMILES string of the molecule is C[C@]12C[C@H](c3ccccc3O1)[C@H](S(=O)(=O)c1ccc(F)cc1)C(=O)N2. The van der Waals surface area contributed by atoms with Crippen molar-refractivity contribution in [3.63, 3.8) is 0 Å². The van der Waals surface area contributed by atoms with Crippen LogP contribution in [0.25, 0.3) is 0 Å². The Balaban J connectivity index is 1.85. The molecule has 0 aromatic heterocycles. The van der Waals surface area contributed by atoms with Gasteiger partial charge >= 0.3 is 0 Å². The van der Waals surface area contributed by atoms with E-state index in [0.717, 1.165) is 12.1 Å². The molecule has 2 heterocycles. The maximum absolute atomic E-state index is 13.2. The first-order valence-electron chi connectivity index (χ1n) is 7.90. The minimum absolute atomic E-state index is 0.0679. The van der Waals surface area contributed by atoms with Crippen LogP contribution in [0.2, 0.25) is 0 Å². The van der Waals surface area contributed by atoms with Gasteiger partial charge in [0.2, 0.25) is 5.91 Å². The fraction of sp³-hybridized carbons (Fsp3) is 0.278. The van der Waals surface area contributed by atoms with Gasteiger partial charge in [-0.3, -0.25) is 4.79 Å². The number of nitrogens with one attached hydrogen (secondary N) is 1. The summed E-state index contributed by atoms with van der Waals surface area (Å²) in [5.74, 6) is -1.09. The van der Waals surface area contributed by atoms with Gasteiger partial charge in [0.15, 0.2) is 20.8 Å². The van der Waals surface area contributed by atoms with E-state index < -0.39 is 38.5 Å². The van der Waals surface area contributed by atoms with Crippen LogP contribution in [0.1, 0.15) is 24.8 Å². The van der Waals surface area contributed by atoms with Gasteiger partial charge in [-0.15, -0.1) is 0 Å². The highest BCUT2D eigenvalue weighted by atomic mass is 32.2. The lowest BCUT2D eigenvalue weighted by atomic mass is 9.81. The van der Waals surface area contributed by atoms with Crippen LogP contribution < -0.4 is 10.1 Å². The molecule has 2 bridgehead atoms. The molecule has 7 heteroatoms. The van der Waals surface area contributed by atoms with E-state index >= 15 is 0 Å². The number of hydrogen-bond acceptors (Lipinski definition) is 4. The Kier molecular flexibility index (Phi) is 3.40. The molecule has 1 N–H and O–H groups in total. The molecule has 1 fully saturated rings. The van der Waals surface area contributed by atoms with Gasteiger partial charge in [0.25, 0.3) is 0 Å². The molecular formula is C18H16FNO4S. The number of carbonyl (C=O) groups is 1. The molecule has 2 aliphatic heterocycles. The second kappa shape index (κ2) is 5.29. The minimum Gasteiger partial charge on any atom is -0.468 e. The third kappa shape index (κ3) is 2.50. The lowest BCUT2D eigenvalue weighted by Crippen LogP contribution is -2.63. The van der Waals surface area contributed by atoms with E-state index in [0.29, 0.717) is 17.7 Å². The molecule has 0 spiro atoms. The Bertz CT molecular complexity index is 957. The van der Waals surface area contributed by atoms with Gasteiger partial charge < -0.3 is 10.1 Å². The Morgan fingerprint density at radius 2 is 1.84 bits per heavy atom. The third-order valence-electron chi connectivity index (χ3n) is 4.75. The van der Waals surface area contributed by atoms with Crippen molar-refractivity contribution >= 4 is 15.7 Å². The number of ether oxygens (including phenoxy) is 1. The predicted molar refractivity (Wildman–Crippen MR) is 88.3 cm³/mol. The van der Waals surface area contributed by atoms with Gasteiger partial charge in [-0.05, 0) is 42.8 Å². The molecule has 0 saturated carbocycles. The minimum atomic E-state index is -3.98. The highest BCUT2D eigenvalue weighted by Gasteiger charge is 2.53. The van der Waals surface area contributed by atoms with Gasteiger partial charge in [-0.2, -0.15) is 0 Å². The summed E-state index contributed by atoms with van der Waals surface area (Å²) >= 11 is 0. The van der Waals surface area contributed by atoms with Crippen molar-refractivity contribution in [2.45, 2.75) is 35.1 Å². The lowest BCUT2D eigenvalue weighted by molar-refractivity contribution is -0.132. The molecule has 1 amide bonds. The number of fused-ring (bicyclic) bond motifs is 4. The van der Waals surface area contributed by atoms with Gasteiger partial charge in [-0.1, -0.05) is 18.2 Å². The van der Waals surface area contributed by atoms with Crippen LogP contribution in [-0.2, 0) is 14.6 Å². The molecule has 2 aromatic carbocycles. The molecule has 0 aliphatic carbocycles. The number of amides is 1. The van der Waals surface area contributed by atoms with Crippen molar-refractivity contribution in [3.05, 3.63) is 59.9 Å². The number of hydrogen-bond donors (Lipinski definition) is 1. The average Bonchev–Trinajstić information content (AvgIpc) is 2.54. The second-order valence-electron chi connectivity index (χ2n) is 6.59. The van der Waals surface area contributed by atoms with Gasteiger partial charge in [-0.25, -0.2) is 12.8 Å². The van der Waals surface area contributed by atoms with E-state index in [9.17, 15) is 17.6 Å². The Labute approximate surface area is 144 Å². The lowest BCUT2D eigenvalue weighted by Gasteiger charge is -2.46. The van der Waals surface area contributed by atoms with Gasteiger partial charge in [0, 0.05) is 12.3 Å². The van der Waals surface area contributed by atoms with Crippen molar-refractivity contribution in [1.82, 2.24) is 5.32 Å². The van der Waals surface area contributed by atoms with Crippen molar-refractivity contribution in [1.29, 1.82) is 0 Å². The van der Waals surface area contributed by atoms with Crippen LogP contribution in [-0.4, -0.2) is 25.3 Å². The first-order valence-corrected chi connectivity index (χ1v) is 9.44. The molecule has 2 aliphatic rings. The summed E-state index contributed by atoms with van der Waals surface area (Å²) in [4.78, 5) is 12.6. The average molecular weight is 361 g/mol. The van der Waals surface area contributed by atoms with Crippen LogP contribution in [0.15, 0.2) is 53.4 Å². The van der Waals surface area contributed by atoms with Crippen LogP contribution >= 0.6 is 0 Å². The van der Waals surface area contributed by atoms with Crippen LogP contribution in [0.4, 0.5) is 4.39 Å². The normalized spacial score (nSPS) is 27.8. The fourth-order valence-electron chi connectivity index (χ4n) is 3.68. The van der Waals surface area contributed by atoms with Crippen molar-refractivity contribution < 1.29 is 22.3 Å². The zero-order valence-electron chi connectivity index (χ0n) is 13.4. The molecular weight excluding hydrogens is 345 g/mol. The van der Waals surface area contributed by atoms with Crippen molar-refractivity contribution in [2.24, 2.45) is 0 Å². The second-order valence-corrected chi connectivity index (χ2v) is 8.66. The van der Waals surface area contributed by atoms with Crippen LogP contribution in [0.5, 0.6) is 5.75 Å². The molecule has 130 valence electrons. The maximum Gasteiger partial charge on any atom is 0.242 e. The van der Waals surface area contributed by atoms with E-state index in [2.05, 4.69) is 5.32 Å². The number of benzene rings is 2. The molecule has 0 radical (unpaired) electrons. The maximum atomic E-state index is 13.2. The summed E-state index contributed by atoms with van der Waals surface area (Å²) < 4.78 is 45.2. The predicted octanol–water partition coefficient (Wildman–Crippen LogP) is 2.38. The summed E-state index contributed by atoms with van der Waals surface area (Å²) in [5.41, 5.74) is -0.240. The van der Waals surface area contributed by atoms with E-state index in [-0.39, 0.29) is 4.90 Å². The summed E-state index contributed by atoms with van der Waals surface area (Å²) in [5, 5.41) is 1.41. The summed E-state index contributed by atoms with van der Waals surface area (Å²) in [6.07, 6.45) is 0.348. The molecule has 1 saturated heterocycles. The summed E-state index contributed by atoms with van der Waals surface area (Å²) in [6, 6.07) is 11.7. The monoisotopic (exact) mass is 361 g/mol. The Hall–Kier alpha value is -2.41. The number of carbonyl (C=O) groups excluding carboxylic acids is 1. The summed E-state index contributed by atoms with van der Waals surface area (Å²) in [7, 11) is -3.98. The van der Waals surface area contributed by atoms with E-state index in [1.54, 1.807) is 31.2 Å². The van der Waals surface area contributed by atoms with Gasteiger partial charge in [0.05, 0.1) is 4.90 Å². The van der Waals surface area contributed by atoms with Gasteiger partial charge in [0.1, 0.15) is 11.6 Å². The fourth-order valence-corrected chi connectivity index (χ4v) is 5.51. The highest BCUT2D eigenvalue weighted by Crippen LogP contribution is 2.46. The number of piperidine rings is 1. The Morgan fingerprint density at radius 3 is 2.56 bits per heavy atom.